The van der Waals surface area contributed by atoms with Crippen LogP contribution in [-0.2, 0) is 0 Å². The van der Waals surface area contributed by atoms with Crippen LogP contribution in [0.4, 0.5) is 0 Å². The standard InChI is InChI=1S/C42H26N4/c1-2-12-30(13-3-1)45-37-19-9-7-16-35(37)40-31(17-10-20-38(40)45)28-23-24-34-33-15-6-8-18-36(33)46(39(34)25-28)42-43-26-29-22-21-27-11-4-5-14-32(27)41(29)44-42/h1-26H. The quantitative estimate of drug-likeness (QED) is 0.193. The van der Waals surface area contributed by atoms with Crippen molar-refractivity contribution >= 4 is 65.3 Å². The highest BCUT2D eigenvalue weighted by molar-refractivity contribution is 6.17. The summed E-state index contributed by atoms with van der Waals surface area (Å²) in [5.74, 6) is 0.672. The molecular formula is C42H26N4. The van der Waals surface area contributed by atoms with Gasteiger partial charge in [0.05, 0.1) is 27.6 Å². The minimum absolute atomic E-state index is 0.672. The molecule has 0 saturated heterocycles. The number of benzene rings is 7. The summed E-state index contributed by atoms with van der Waals surface area (Å²) in [7, 11) is 0. The first-order chi connectivity index (χ1) is 22.8. The topological polar surface area (TPSA) is 35.6 Å². The normalized spacial score (nSPS) is 11.9. The van der Waals surface area contributed by atoms with Crippen LogP contribution in [0.1, 0.15) is 0 Å². The van der Waals surface area contributed by atoms with Crippen LogP contribution >= 0.6 is 0 Å². The molecule has 10 aromatic rings. The fraction of sp³-hybridized carbons (Fsp3) is 0. The lowest BCUT2D eigenvalue weighted by Gasteiger charge is -2.11. The Kier molecular flexibility index (Phi) is 5.25. The van der Waals surface area contributed by atoms with Crippen LogP contribution in [0.2, 0.25) is 0 Å². The van der Waals surface area contributed by atoms with E-state index in [9.17, 15) is 0 Å². The maximum atomic E-state index is 5.22. The van der Waals surface area contributed by atoms with Crippen molar-refractivity contribution in [2.24, 2.45) is 0 Å². The maximum Gasteiger partial charge on any atom is 0.235 e. The second-order valence-electron chi connectivity index (χ2n) is 11.9. The van der Waals surface area contributed by atoms with Crippen molar-refractivity contribution < 1.29 is 0 Å². The van der Waals surface area contributed by atoms with Gasteiger partial charge >= 0.3 is 0 Å². The molecule has 0 bridgehead atoms. The lowest BCUT2D eigenvalue weighted by Crippen LogP contribution is -2.01. The molecule has 4 nitrogen and oxygen atoms in total. The fourth-order valence-corrected chi connectivity index (χ4v) is 7.33. The molecule has 0 aliphatic heterocycles. The molecule has 0 unspecified atom stereocenters. The monoisotopic (exact) mass is 586 g/mol. The molecule has 3 aromatic heterocycles. The maximum absolute atomic E-state index is 5.22. The summed E-state index contributed by atoms with van der Waals surface area (Å²) in [6.07, 6.45) is 1.95. The second kappa shape index (κ2) is 9.62. The van der Waals surface area contributed by atoms with E-state index >= 15 is 0 Å². The van der Waals surface area contributed by atoms with Gasteiger partial charge in [0.25, 0.3) is 0 Å². The number of para-hydroxylation sites is 3. The van der Waals surface area contributed by atoms with Gasteiger partial charge in [-0.2, -0.15) is 0 Å². The molecule has 0 radical (unpaired) electrons. The van der Waals surface area contributed by atoms with Crippen molar-refractivity contribution in [2.45, 2.75) is 0 Å². The SMILES string of the molecule is c1ccc(-n2c3ccccc3c3c(-c4ccc5c6ccccc6n(-c6ncc7ccc8ccccc8c7n6)c5c4)cccc32)cc1. The van der Waals surface area contributed by atoms with Crippen LogP contribution in [-0.4, -0.2) is 19.1 Å². The van der Waals surface area contributed by atoms with Crippen LogP contribution in [0.5, 0.6) is 0 Å². The van der Waals surface area contributed by atoms with Gasteiger partial charge in [-0.25, -0.2) is 9.97 Å². The zero-order valence-electron chi connectivity index (χ0n) is 24.8. The summed E-state index contributed by atoms with van der Waals surface area (Å²) in [5.41, 5.74) is 9.04. The van der Waals surface area contributed by atoms with Gasteiger partial charge in [0.1, 0.15) is 0 Å². The molecule has 0 aliphatic rings. The highest BCUT2D eigenvalue weighted by atomic mass is 15.2. The largest absolute Gasteiger partial charge is 0.309 e. The smallest absolute Gasteiger partial charge is 0.235 e. The molecule has 4 heteroatoms. The Morgan fingerprint density at radius 3 is 1.98 bits per heavy atom. The molecule has 0 fully saturated rings. The first kappa shape index (κ1) is 25.1. The highest BCUT2D eigenvalue weighted by Gasteiger charge is 2.19. The van der Waals surface area contributed by atoms with E-state index in [2.05, 4.69) is 161 Å². The average molecular weight is 587 g/mol. The molecule has 0 atom stereocenters. The fourth-order valence-electron chi connectivity index (χ4n) is 7.33. The third-order valence-corrected chi connectivity index (χ3v) is 9.36. The van der Waals surface area contributed by atoms with E-state index in [-0.39, 0.29) is 0 Å². The highest BCUT2D eigenvalue weighted by Crippen LogP contribution is 2.40. The van der Waals surface area contributed by atoms with Crippen LogP contribution < -0.4 is 0 Å². The number of aromatic nitrogens is 4. The molecule has 3 heterocycles. The Labute approximate surface area is 264 Å². The second-order valence-corrected chi connectivity index (χ2v) is 11.9. The van der Waals surface area contributed by atoms with E-state index in [4.69, 9.17) is 9.97 Å². The van der Waals surface area contributed by atoms with Crippen molar-refractivity contribution in [2.75, 3.05) is 0 Å². The van der Waals surface area contributed by atoms with Crippen LogP contribution in [0.25, 0.3) is 88.0 Å². The van der Waals surface area contributed by atoms with E-state index in [0.717, 1.165) is 38.6 Å². The molecule has 0 aliphatic carbocycles. The first-order valence-corrected chi connectivity index (χ1v) is 15.6. The molecule has 7 aromatic carbocycles. The first-order valence-electron chi connectivity index (χ1n) is 15.6. The number of fused-ring (bicyclic) bond motifs is 9. The molecule has 214 valence electrons. The lowest BCUT2D eigenvalue weighted by molar-refractivity contribution is 1.01. The number of rotatable bonds is 3. The summed E-state index contributed by atoms with van der Waals surface area (Å²) < 4.78 is 4.60. The van der Waals surface area contributed by atoms with Gasteiger partial charge in [0.15, 0.2) is 0 Å². The lowest BCUT2D eigenvalue weighted by atomic mass is 9.98. The van der Waals surface area contributed by atoms with Crippen molar-refractivity contribution in [1.82, 2.24) is 19.1 Å². The zero-order valence-corrected chi connectivity index (χ0v) is 24.8. The van der Waals surface area contributed by atoms with E-state index in [1.54, 1.807) is 0 Å². The van der Waals surface area contributed by atoms with Crippen LogP contribution in [0.15, 0.2) is 158 Å². The summed E-state index contributed by atoms with van der Waals surface area (Å²) in [5, 5.41) is 8.19. The van der Waals surface area contributed by atoms with E-state index in [1.165, 1.54) is 43.5 Å². The zero-order chi connectivity index (χ0) is 30.2. The predicted octanol–water partition coefficient (Wildman–Crippen LogP) is 10.6. The average Bonchev–Trinajstić information content (AvgIpc) is 3.64. The molecular weight excluding hydrogens is 560 g/mol. The van der Waals surface area contributed by atoms with Crippen molar-refractivity contribution in [3.05, 3.63) is 158 Å². The van der Waals surface area contributed by atoms with Crippen LogP contribution in [0, 0.1) is 0 Å². The summed E-state index contributed by atoms with van der Waals surface area (Å²) in [6, 6.07) is 54.1. The van der Waals surface area contributed by atoms with Gasteiger partial charge in [-0.05, 0) is 52.9 Å². The molecule has 46 heavy (non-hydrogen) atoms. The minimum Gasteiger partial charge on any atom is -0.309 e. The summed E-state index contributed by atoms with van der Waals surface area (Å²) in [6.45, 7) is 0. The van der Waals surface area contributed by atoms with E-state index < -0.39 is 0 Å². The van der Waals surface area contributed by atoms with Gasteiger partial charge < -0.3 is 4.57 Å². The van der Waals surface area contributed by atoms with Gasteiger partial charge in [-0.3, -0.25) is 4.57 Å². The molecule has 0 amide bonds. The number of hydrogen-bond acceptors (Lipinski definition) is 2. The molecule has 0 spiro atoms. The minimum atomic E-state index is 0.672. The third-order valence-electron chi connectivity index (χ3n) is 9.36. The molecule has 0 saturated carbocycles. The predicted molar refractivity (Wildman–Crippen MR) is 191 cm³/mol. The van der Waals surface area contributed by atoms with E-state index in [0.29, 0.717) is 5.95 Å². The third kappa shape index (κ3) is 3.55. The summed E-state index contributed by atoms with van der Waals surface area (Å²) in [4.78, 5) is 10.2. The Bertz CT molecular complexity index is 2810. The Balaban J connectivity index is 1.27. The van der Waals surface area contributed by atoms with Gasteiger partial charge in [0, 0.05) is 44.2 Å². The van der Waals surface area contributed by atoms with Crippen molar-refractivity contribution in [1.29, 1.82) is 0 Å². The number of hydrogen-bond donors (Lipinski definition) is 0. The Hall–Kier alpha value is -6.26. The van der Waals surface area contributed by atoms with Gasteiger partial charge in [0.2, 0.25) is 5.95 Å². The summed E-state index contributed by atoms with van der Waals surface area (Å²) >= 11 is 0. The Morgan fingerprint density at radius 1 is 0.435 bits per heavy atom. The molecule has 10 rings (SSSR count). The number of nitrogens with zero attached hydrogens (tertiary/aromatic N) is 4. The Morgan fingerprint density at radius 2 is 1.11 bits per heavy atom. The van der Waals surface area contributed by atoms with Gasteiger partial charge in [-0.1, -0.05) is 115 Å². The molecule has 0 N–H and O–H groups in total. The van der Waals surface area contributed by atoms with Crippen molar-refractivity contribution in [3.8, 4) is 22.8 Å². The van der Waals surface area contributed by atoms with Crippen molar-refractivity contribution in [3.63, 3.8) is 0 Å². The van der Waals surface area contributed by atoms with Gasteiger partial charge in [-0.15, -0.1) is 0 Å². The van der Waals surface area contributed by atoms with E-state index in [1.807, 2.05) is 6.20 Å². The van der Waals surface area contributed by atoms with Crippen LogP contribution in [0.3, 0.4) is 0 Å².